The molecule has 1 saturated heterocycles. The van der Waals surface area contributed by atoms with Crippen LogP contribution in [0.2, 0.25) is 0 Å². The van der Waals surface area contributed by atoms with Gasteiger partial charge in [-0.3, -0.25) is 0 Å². The fraction of sp³-hybridized carbons (Fsp3) is 0.185. The Hall–Kier alpha value is -4.46. The van der Waals surface area contributed by atoms with Gasteiger partial charge in [0, 0.05) is 17.9 Å². The second-order valence-corrected chi connectivity index (χ2v) is 9.57. The van der Waals surface area contributed by atoms with Crippen LogP contribution in [0.1, 0.15) is 12.0 Å². The van der Waals surface area contributed by atoms with Crippen molar-refractivity contribution < 1.29 is 31.4 Å². The van der Waals surface area contributed by atoms with Gasteiger partial charge >= 0.3 is 13.0 Å². The zero-order chi connectivity index (χ0) is 28.8. The lowest BCUT2D eigenvalue weighted by Crippen LogP contribution is -2.34. The number of nitrogens with zero attached hydrogens (tertiary/aromatic N) is 6. The van der Waals surface area contributed by atoms with E-state index in [1.54, 1.807) is 48.7 Å². The molecule has 41 heavy (non-hydrogen) atoms. The van der Waals surface area contributed by atoms with Crippen LogP contribution in [0.4, 0.5) is 27.6 Å². The molecule has 1 aromatic heterocycles. The molecule has 0 unspecified atom stereocenters. The monoisotopic (exact) mass is 588 g/mol. The summed E-state index contributed by atoms with van der Waals surface area (Å²) in [4.78, 5) is 6.09. The van der Waals surface area contributed by atoms with Crippen molar-refractivity contribution in [2.75, 3.05) is 17.2 Å². The number of aromatic nitrogens is 3. The van der Waals surface area contributed by atoms with Crippen LogP contribution in [0, 0.1) is 0 Å². The quantitative estimate of drug-likeness (QED) is 0.129. The maximum absolute atomic E-state index is 12.9. The molecule has 0 aliphatic carbocycles. The van der Waals surface area contributed by atoms with Gasteiger partial charge in [0.25, 0.3) is 0 Å². The first kappa shape index (κ1) is 28.1. The summed E-state index contributed by atoms with van der Waals surface area (Å²) < 4.78 is 72.9. The van der Waals surface area contributed by atoms with Gasteiger partial charge < -0.3 is 14.4 Å². The molecular formula is C27H21F5N6O2S. The number of ether oxygens (including phenoxy) is 2. The number of anilines is 1. The lowest BCUT2D eigenvalue weighted by molar-refractivity contribution is -0.274. The van der Waals surface area contributed by atoms with E-state index in [-0.39, 0.29) is 11.5 Å². The number of thioether (sulfide) groups is 1. The molecule has 2 heterocycles. The zero-order valence-electron chi connectivity index (χ0n) is 21.1. The first-order valence-electron chi connectivity index (χ1n) is 12.2. The van der Waals surface area contributed by atoms with Gasteiger partial charge in [-0.15, -0.1) is 23.4 Å². The van der Waals surface area contributed by atoms with Gasteiger partial charge in [-0.1, -0.05) is 48.2 Å². The highest BCUT2D eigenvalue weighted by Crippen LogP contribution is 2.34. The summed E-state index contributed by atoms with van der Waals surface area (Å²) in [6, 6.07) is 19.1. The summed E-state index contributed by atoms with van der Waals surface area (Å²) in [6.07, 6.45) is -0.888. The fourth-order valence-corrected chi connectivity index (χ4v) is 4.83. The van der Waals surface area contributed by atoms with E-state index < -0.39 is 13.0 Å². The number of rotatable bonds is 8. The molecule has 1 aliphatic heterocycles. The lowest BCUT2D eigenvalue weighted by atomic mass is 10.1. The Bertz CT molecular complexity index is 1520. The maximum Gasteiger partial charge on any atom is 0.573 e. The Morgan fingerprint density at radius 1 is 0.976 bits per heavy atom. The molecule has 1 fully saturated rings. The number of hydrogen-bond donors (Lipinski definition) is 0. The van der Waals surface area contributed by atoms with Crippen molar-refractivity contribution in [3.8, 4) is 28.6 Å². The average molecular weight is 589 g/mol. The van der Waals surface area contributed by atoms with Gasteiger partial charge in [0.2, 0.25) is 0 Å². The predicted molar refractivity (Wildman–Crippen MR) is 146 cm³/mol. The summed E-state index contributed by atoms with van der Waals surface area (Å²) in [6.45, 7) is -2.35. The summed E-state index contributed by atoms with van der Waals surface area (Å²) in [5.41, 5.74) is 2.48. The molecular weight excluding hydrogens is 567 g/mol. The van der Waals surface area contributed by atoms with Crippen LogP contribution in [0.3, 0.4) is 0 Å². The van der Waals surface area contributed by atoms with Gasteiger partial charge in [-0.05, 0) is 48.4 Å². The van der Waals surface area contributed by atoms with Crippen LogP contribution in [-0.4, -0.2) is 51.4 Å². The van der Waals surface area contributed by atoms with Gasteiger partial charge in [-0.2, -0.15) is 13.9 Å². The van der Waals surface area contributed by atoms with Crippen molar-refractivity contribution >= 4 is 28.8 Å². The number of para-hydroxylation sites is 2. The highest BCUT2D eigenvalue weighted by molar-refractivity contribution is 8.14. The smallest absolute Gasteiger partial charge is 0.433 e. The van der Waals surface area contributed by atoms with E-state index in [2.05, 4.69) is 29.8 Å². The molecule has 14 heteroatoms. The second-order valence-electron chi connectivity index (χ2n) is 8.50. The molecule has 0 atom stereocenters. The maximum atomic E-state index is 12.9. The lowest BCUT2D eigenvalue weighted by Gasteiger charge is -2.30. The third-order valence-corrected chi connectivity index (χ3v) is 6.76. The third-order valence-electron chi connectivity index (χ3n) is 5.71. The van der Waals surface area contributed by atoms with Crippen LogP contribution in [0.5, 0.6) is 11.5 Å². The average Bonchev–Trinajstić information content (AvgIpc) is 3.44. The normalized spacial score (nSPS) is 15.2. The molecule has 212 valence electrons. The molecule has 0 spiro atoms. The Balaban J connectivity index is 1.26. The van der Waals surface area contributed by atoms with E-state index in [1.807, 2.05) is 4.90 Å². The van der Waals surface area contributed by atoms with Gasteiger partial charge in [-0.25, -0.2) is 9.67 Å². The van der Waals surface area contributed by atoms with Gasteiger partial charge in [0.05, 0.1) is 17.6 Å². The van der Waals surface area contributed by atoms with E-state index in [1.165, 1.54) is 53.1 Å². The van der Waals surface area contributed by atoms with Crippen molar-refractivity contribution in [1.29, 1.82) is 0 Å². The number of benzene rings is 3. The predicted octanol–water partition coefficient (Wildman–Crippen LogP) is 6.77. The summed E-state index contributed by atoms with van der Waals surface area (Å²) >= 11 is 1.48. The van der Waals surface area contributed by atoms with Crippen molar-refractivity contribution in [2.24, 2.45) is 10.2 Å². The number of halogens is 5. The molecule has 0 saturated carbocycles. The van der Waals surface area contributed by atoms with Crippen molar-refractivity contribution in [2.45, 2.75) is 19.4 Å². The highest BCUT2D eigenvalue weighted by atomic mass is 32.2. The van der Waals surface area contributed by atoms with E-state index >= 15 is 0 Å². The van der Waals surface area contributed by atoms with Crippen molar-refractivity contribution in [3.05, 3.63) is 84.7 Å². The second kappa shape index (κ2) is 12.4. The van der Waals surface area contributed by atoms with E-state index in [9.17, 15) is 22.0 Å². The van der Waals surface area contributed by atoms with E-state index in [0.717, 1.165) is 17.7 Å². The summed E-state index contributed by atoms with van der Waals surface area (Å²) in [7, 11) is 0. The van der Waals surface area contributed by atoms with E-state index in [4.69, 9.17) is 0 Å². The van der Waals surface area contributed by atoms with Crippen molar-refractivity contribution in [1.82, 2.24) is 14.8 Å². The van der Waals surface area contributed by atoms with Crippen LogP contribution in [0.15, 0.2) is 89.3 Å². The molecule has 1 aliphatic rings. The molecule has 0 N–H and O–H groups in total. The van der Waals surface area contributed by atoms with Crippen LogP contribution in [-0.2, 0) is 0 Å². The molecule has 0 amide bonds. The molecule has 0 bridgehead atoms. The SMILES string of the molecule is FC(F)Oc1ccccc1N1CCCSC1=NN=Cc1ccc(-c2ncn(-c3ccc(OC(F)(F)F)cc3)n2)cc1. The summed E-state index contributed by atoms with van der Waals surface area (Å²) in [5.74, 6) is 0.983. The number of hydrogen-bond acceptors (Lipinski definition) is 7. The minimum atomic E-state index is -4.76. The zero-order valence-corrected chi connectivity index (χ0v) is 21.9. The van der Waals surface area contributed by atoms with Crippen molar-refractivity contribution in [3.63, 3.8) is 0 Å². The van der Waals surface area contributed by atoms with Crippen LogP contribution >= 0.6 is 11.8 Å². The van der Waals surface area contributed by atoms with Crippen LogP contribution < -0.4 is 14.4 Å². The highest BCUT2D eigenvalue weighted by Gasteiger charge is 2.31. The van der Waals surface area contributed by atoms with E-state index in [0.29, 0.717) is 34.5 Å². The molecule has 3 aromatic carbocycles. The number of amidine groups is 1. The standard InChI is InChI=1S/C27H21F5N6O2S/c28-25(29)39-23-5-2-1-4-22(23)37-14-3-15-41-26(37)35-34-16-18-6-8-19(9-7-18)24-33-17-38(36-24)20-10-12-21(13-11-20)40-27(30,31)32/h1-2,4-13,16-17,25H,3,14-15H2. The first-order valence-corrected chi connectivity index (χ1v) is 13.2. The molecule has 0 radical (unpaired) electrons. The minimum absolute atomic E-state index is 0.0702. The Kier molecular flexibility index (Phi) is 8.47. The van der Waals surface area contributed by atoms with Crippen LogP contribution in [0.25, 0.3) is 17.1 Å². The Morgan fingerprint density at radius 2 is 1.73 bits per heavy atom. The fourth-order valence-electron chi connectivity index (χ4n) is 3.93. The topological polar surface area (TPSA) is 77.1 Å². The summed E-state index contributed by atoms with van der Waals surface area (Å²) in [5, 5.41) is 13.5. The molecule has 5 rings (SSSR count). The third kappa shape index (κ3) is 7.39. The van der Waals surface area contributed by atoms with Gasteiger partial charge in [0.15, 0.2) is 11.0 Å². The molecule has 4 aromatic rings. The Labute approximate surface area is 235 Å². The first-order chi connectivity index (χ1) is 19.7. The largest absolute Gasteiger partial charge is 0.573 e. The molecule has 8 nitrogen and oxygen atoms in total. The van der Waals surface area contributed by atoms with Gasteiger partial charge in [0.1, 0.15) is 17.8 Å². The minimum Gasteiger partial charge on any atom is -0.433 e. The Morgan fingerprint density at radius 3 is 2.46 bits per heavy atom. The number of alkyl halides is 5.